The highest BCUT2D eigenvalue weighted by atomic mass is 32.2. The van der Waals surface area contributed by atoms with Crippen molar-refractivity contribution in [3.05, 3.63) is 29.8 Å². The number of nitrogens with one attached hydrogen (secondary N) is 1. The van der Waals surface area contributed by atoms with Gasteiger partial charge in [-0.15, -0.1) is 0 Å². The molecule has 1 N–H and O–H groups in total. The molecule has 104 valence electrons. The molecule has 0 aromatic heterocycles. The summed E-state index contributed by atoms with van der Waals surface area (Å²) in [7, 11) is -0.735. The zero-order chi connectivity index (χ0) is 14.0. The van der Waals surface area contributed by atoms with E-state index < -0.39 is 10.2 Å². The average molecular weight is 283 g/mol. The van der Waals surface area contributed by atoms with Gasteiger partial charge in [-0.05, 0) is 18.1 Å². The second-order valence-corrected chi connectivity index (χ2v) is 6.50. The van der Waals surface area contributed by atoms with Gasteiger partial charge in [0.15, 0.2) is 0 Å². The number of amides is 1. The molecule has 0 fully saturated rings. The maximum atomic E-state index is 12.1. The first kappa shape index (κ1) is 14.0. The minimum Gasteiger partial charge on any atom is -0.311 e. The highest BCUT2D eigenvalue weighted by molar-refractivity contribution is 7.87. The summed E-state index contributed by atoms with van der Waals surface area (Å²) < 4.78 is 26.4. The number of fused-ring (bicyclic) bond motifs is 1. The Hall–Kier alpha value is -1.44. The van der Waals surface area contributed by atoms with Crippen LogP contribution in [0.1, 0.15) is 5.56 Å². The van der Waals surface area contributed by atoms with E-state index in [9.17, 15) is 13.2 Å². The fourth-order valence-electron chi connectivity index (χ4n) is 1.97. The molecule has 19 heavy (non-hydrogen) atoms. The highest BCUT2D eigenvalue weighted by Crippen LogP contribution is 2.27. The van der Waals surface area contributed by atoms with Gasteiger partial charge >= 0.3 is 0 Å². The van der Waals surface area contributed by atoms with Crippen LogP contribution in [-0.4, -0.2) is 45.8 Å². The summed E-state index contributed by atoms with van der Waals surface area (Å²) in [5.74, 6) is -0.240. The van der Waals surface area contributed by atoms with Crippen molar-refractivity contribution in [2.45, 2.75) is 6.42 Å². The molecule has 0 saturated carbocycles. The Kier molecular flexibility index (Phi) is 3.88. The van der Waals surface area contributed by atoms with Crippen LogP contribution in [0.25, 0.3) is 0 Å². The Balaban J connectivity index is 2.03. The molecule has 0 unspecified atom stereocenters. The lowest BCUT2D eigenvalue weighted by Crippen LogP contribution is -2.43. The first-order chi connectivity index (χ1) is 8.92. The van der Waals surface area contributed by atoms with Gasteiger partial charge in [-0.1, -0.05) is 18.2 Å². The maximum absolute atomic E-state index is 12.1. The van der Waals surface area contributed by atoms with Crippen molar-refractivity contribution in [3.8, 4) is 0 Å². The lowest BCUT2D eigenvalue weighted by molar-refractivity contribution is -0.117. The van der Waals surface area contributed by atoms with Crippen LogP contribution in [0.4, 0.5) is 5.69 Å². The van der Waals surface area contributed by atoms with Gasteiger partial charge in [0.2, 0.25) is 5.91 Å². The second kappa shape index (κ2) is 5.28. The SMILES string of the molecule is CN(C)S(=O)(=O)NCC(=O)N1CCc2ccccc21. The maximum Gasteiger partial charge on any atom is 0.279 e. The Bertz CT molecular complexity index is 584. The molecule has 2 rings (SSSR count). The predicted octanol–water partition coefficient (Wildman–Crippen LogP) is -0.0283. The third-order valence-corrected chi connectivity index (χ3v) is 4.55. The largest absolute Gasteiger partial charge is 0.311 e. The van der Waals surface area contributed by atoms with Crippen molar-refractivity contribution >= 4 is 21.8 Å². The molecule has 6 nitrogen and oxygen atoms in total. The molecule has 1 aromatic rings. The summed E-state index contributed by atoms with van der Waals surface area (Å²) in [5, 5.41) is 0. The van der Waals surface area contributed by atoms with Gasteiger partial charge in [0.1, 0.15) is 0 Å². The number of hydrogen-bond acceptors (Lipinski definition) is 3. The van der Waals surface area contributed by atoms with E-state index in [1.165, 1.54) is 14.1 Å². The molecule has 1 heterocycles. The van der Waals surface area contributed by atoms with E-state index in [4.69, 9.17) is 0 Å². The van der Waals surface area contributed by atoms with Crippen LogP contribution in [-0.2, 0) is 21.4 Å². The molecule has 0 radical (unpaired) electrons. The molecular weight excluding hydrogens is 266 g/mol. The van der Waals surface area contributed by atoms with Crippen LogP contribution in [0.15, 0.2) is 24.3 Å². The van der Waals surface area contributed by atoms with Crippen LogP contribution in [0.5, 0.6) is 0 Å². The summed E-state index contributed by atoms with van der Waals surface area (Å²) in [6.45, 7) is 0.372. The first-order valence-corrected chi connectivity index (χ1v) is 7.41. The van der Waals surface area contributed by atoms with Crippen LogP contribution in [0, 0.1) is 0 Å². The number of hydrogen-bond donors (Lipinski definition) is 1. The molecule has 1 aliphatic heterocycles. The molecule has 1 aromatic carbocycles. The molecular formula is C12H17N3O3S. The molecule has 0 saturated heterocycles. The van der Waals surface area contributed by atoms with Crippen LogP contribution < -0.4 is 9.62 Å². The van der Waals surface area contributed by atoms with Gasteiger partial charge in [0, 0.05) is 26.3 Å². The third-order valence-electron chi connectivity index (χ3n) is 3.07. The smallest absolute Gasteiger partial charge is 0.279 e. The molecule has 0 bridgehead atoms. The zero-order valence-electron chi connectivity index (χ0n) is 11.0. The van der Waals surface area contributed by atoms with E-state index in [1.54, 1.807) is 4.90 Å². The number of benzene rings is 1. The number of carbonyl (C=O) groups excluding carboxylic acids is 1. The summed E-state index contributed by atoms with van der Waals surface area (Å²) in [6.07, 6.45) is 0.808. The van der Waals surface area contributed by atoms with E-state index in [0.29, 0.717) is 6.54 Å². The normalized spacial score (nSPS) is 14.8. The lowest BCUT2D eigenvalue weighted by atomic mass is 10.2. The molecule has 1 amide bonds. The quantitative estimate of drug-likeness (QED) is 0.844. The van der Waals surface area contributed by atoms with Crippen LogP contribution in [0.2, 0.25) is 0 Å². The van der Waals surface area contributed by atoms with Crippen molar-refractivity contribution in [1.82, 2.24) is 9.03 Å². The Labute approximate surface area is 113 Å². The van der Waals surface area contributed by atoms with Gasteiger partial charge < -0.3 is 4.90 Å². The van der Waals surface area contributed by atoms with E-state index in [-0.39, 0.29) is 12.5 Å². The fourth-order valence-corrected chi connectivity index (χ4v) is 2.54. The van der Waals surface area contributed by atoms with Crippen LogP contribution >= 0.6 is 0 Å². The van der Waals surface area contributed by atoms with Gasteiger partial charge in [-0.3, -0.25) is 4.79 Å². The summed E-state index contributed by atoms with van der Waals surface area (Å²) in [4.78, 5) is 13.7. The number of para-hydroxylation sites is 1. The topological polar surface area (TPSA) is 69.7 Å². The standard InChI is InChI=1S/C12H17N3O3S/c1-14(2)19(17,18)13-9-12(16)15-8-7-10-5-3-4-6-11(10)15/h3-6,13H,7-9H2,1-2H3. The van der Waals surface area contributed by atoms with Crippen molar-refractivity contribution in [2.75, 3.05) is 32.1 Å². The van der Waals surface area contributed by atoms with Crippen molar-refractivity contribution in [1.29, 1.82) is 0 Å². The van der Waals surface area contributed by atoms with Crippen molar-refractivity contribution in [2.24, 2.45) is 0 Å². The molecule has 0 aliphatic carbocycles. The minimum absolute atomic E-state index is 0.227. The first-order valence-electron chi connectivity index (χ1n) is 5.97. The second-order valence-electron chi connectivity index (χ2n) is 4.53. The molecule has 1 aliphatic rings. The van der Waals surface area contributed by atoms with Gasteiger partial charge in [0.05, 0.1) is 6.54 Å². The summed E-state index contributed by atoms with van der Waals surface area (Å²) in [6, 6.07) is 7.66. The Morgan fingerprint density at radius 3 is 2.74 bits per heavy atom. The predicted molar refractivity (Wildman–Crippen MR) is 73.1 cm³/mol. The van der Waals surface area contributed by atoms with E-state index in [2.05, 4.69) is 4.72 Å². The van der Waals surface area contributed by atoms with E-state index in [1.807, 2.05) is 24.3 Å². The Morgan fingerprint density at radius 2 is 2.05 bits per heavy atom. The van der Waals surface area contributed by atoms with Gasteiger partial charge in [0.25, 0.3) is 10.2 Å². The average Bonchev–Trinajstić information content (AvgIpc) is 2.79. The van der Waals surface area contributed by atoms with Crippen molar-refractivity contribution < 1.29 is 13.2 Å². The third kappa shape index (κ3) is 2.94. The zero-order valence-corrected chi connectivity index (χ0v) is 11.8. The molecule has 0 spiro atoms. The number of rotatable bonds is 4. The van der Waals surface area contributed by atoms with E-state index >= 15 is 0 Å². The van der Waals surface area contributed by atoms with Crippen molar-refractivity contribution in [3.63, 3.8) is 0 Å². The number of carbonyl (C=O) groups is 1. The Morgan fingerprint density at radius 1 is 1.37 bits per heavy atom. The highest BCUT2D eigenvalue weighted by Gasteiger charge is 2.25. The van der Waals surface area contributed by atoms with Gasteiger partial charge in [-0.2, -0.15) is 17.4 Å². The molecule has 7 heteroatoms. The van der Waals surface area contributed by atoms with E-state index in [0.717, 1.165) is 22.0 Å². The summed E-state index contributed by atoms with van der Waals surface area (Å²) >= 11 is 0. The number of nitrogens with zero attached hydrogens (tertiary/aromatic N) is 2. The minimum atomic E-state index is -3.56. The monoisotopic (exact) mass is 283 g/mol. The molecule has 0 atom stereocenters. The summed E-state index contributed by atoms with van der Waals surface area (Å²) in [5.41, 5.74) is 1.99. The van der Waals surface area contributed by atoms with Gasteiger partial charge in [-0.25, -0.2) is 0 Å². The lowest BCUT2D eigenvalue weighted by Gasteiger charge is -2.18. The number of anilines is 1. The van der Waals surface area contributed by atoms with Crippen LogP contribution in [0.3, 0.4) is 0 Å². The fraction of sp³-hybridized carbons (Fsp3) is 0.417.